The Labute approximate surface area is 244 Å². The van der Waals surface area contributed by atoms with Gasteiger partial charge in [-0.3, -0.25) is 19.5 Å². The summed E-state index contributed by atoms with van der Waals surface area (Å²) in [5, 5.41) is 3.19. The van der Waals surface area contributed by atoms with E-state index in [2.05, 4.69) is 34.9 Å². The van der Waals surface area contributed by atoms with Gasteiger partial charge in [-0.2, -0.15) is 0 Å². The molecule has 4 heterocycles. The molecule has 3 aliphatic rings. The van der Waals surface area contributed by atoms with Gasteiger partial charge < -0.3 is 15.0 Å². The molecule has 3 fully saturated rings. The molecule has 41 heavy (non-hydrogen) atoms. The van der Waals surface area contributed by atoms with Crippen molar-refractivity contribution in [3.63, 3.8) is 0 Å². The number of anilines is 1. The summed E-state index contributed by atoms with van der Waals surface area (Å²) in [5.74, 6) is 0.251. The van der Waals surface area contributed by atoms with Crippen molar-refractivity contribution in [1.82, 2.24) is 30.2 Å². The molecule has 2 saturated carbocycles. The normalized spacial score (nSPS) is 20.7. The smallest absolute Gasteiger partial charge is 0.280 e. The third kappa shape index (κ3) is 6.52. The summed E-state index contributed by atoms with van der Waals surface area (Å²) in [7, 11) is -3.42. The van der Waals surface area contributed by atoms with Gasteiger partial charge in [-0.05, 0) is 63.6 Å². The van der Waals surface area contributed by atoms with E-state index in [1.54, 1.807) is 36.9 Å². The highest BCUT2D eigenvalue weighted by Gasteiger charge is 2.38. The van der Waals surface area contributed by atoms with Gasteiger partial charge in [-0.25, -0.2) is 18.4 Å². The maximum absolute atomic E-state index is 13.6. The quantitative estimate of drug-likeness (QED) is 0.335. The van der Waals surface area contributed by atoms with Crippen LogP contribution >= 0.6 is 11.3 Å². The summed E-state index contributed by atoms with van der Waals surface area (Å²) in [6.07, 6.45) is 13.6. The summed E-state index contributed by atoms with van der Waals surface area (Å²) >= 11 is 1.24. The molecule has 0 unspecified atom stereocenters. The fourth-order valence-electron chi connectivity index (χ4n) is 5.81. The molecule has 13 heteroatoms. The Bertz CT molecular complexity index is 1490. The molecule has 0 radical (unpaired) electrons. The van der Waals surface area contributed by atoms with Gasteiger partial charge >= 0.3 is 0 Å². The van der Waals surface area contributed by atoms with Gasteiger partial charge in [0.05, 0.1) is 46.6 Å². The molecule has 2 N–H and O–H groups in total. The Morgan fingerprint density at radius 3 is 2.76 bits per heavy atom. The maximum atomic E-state index is 13.6. The predicted molar refractivity (Wildman–Crippen MR) is 156 cm³/mol. The second-order valence-electron chi connectivity index (χ2n) is 11.0. The molecule has 0 spiro atoms. The molecule has 0 aromatic carbocycles. The van der Waals surface area contributed by atoms with Gasteiger partial charge in [0.15, 0.2) is 5.01 Å². The number of nitrogens with one attached hydrogen (secondary N) is 2. The van der Waals surface area contributed by atoms with Gasteiger partial charge in [-0.15, -0.1) is 11.3 Å². The number of hydrogen-bond acceptors (Lipinski definition) is 10. The Hall–Kier alpha value is -3.16. The van der Waals surface area contributed by atoms with Gasteiger partial charge in [0.1, 0.15) is 5.69 Å². The molecule has 6 rings (SSSR count). The highest BCUT2D eigenvalue weighted by atomic mass is 32.2. The number of nitrogens with zero attached hydrogens (tertiary/aromatic N) is 5. The van der Waals surface area contributed by atoms with Crippen LogP contribution in [0.4, 0.5) is 5.69 Å². The fraction of sp³-hybridized carbons (Fsp3) is 0.536. The minimum atomic E-state index is -3.42. The van der Waals surface area contributed by atoms with Crippen LogP contribution in [0.25, 0.3) is 10.6 Å². The Morgan fingerprint density at radius 2 is 1.98 bits per heavy atom. The molecule has 11 nitrogen and oxygen atoms in total. The van der Waals surface area contributed by atoms with Crippen LogP contribution < -0.4 is 14.8 Å². The summed E-state index contributed by atoms with van der Waals surface area (Å²) < 4.78 is 33.4. The Balaban J connectivity index is 1.23. The van der Waals surface area contributed by atoms with Gasteiger partial charge in [0, 0.05) is 25.0 Å². The number of ether oxygens (including phenoxy) is 1. The van der Waals surface area contributed by atoms with Crippen molar-refractivity contribution < 1.29 is 17.9 Å². The lowest BCUT2D eigenvalue weighted by molar-refractivity contribution is 0.0919. The second-order valence-corrected chi connectivity index (χ2v) is 13.9. The monoisotopic (exact) mass is 597 g/mol. The molecule has 0 bridgehead atoms. The van der Waals surface area contributed by atoms with E-state index in [1.807, 2.05) is 6.92 Å². The first kappa shape index (κ1) is 28.0. The number of thiazole rings is 1. The molecule has 1 saturated heterocycles. The average molecular weight is 598 g/mol. The molecular formula is C28H35N7O4S2. The van der Waals surface area contributed by atoms with E-state index in [1.165, 1.54) is 37.0 Å². The van der Waals surface area contributed by atoms with E-state index in [0.717, 1.165) is 19.5 Å². The van der Waals surface area contributed by atoms with Crippen LogP contribution in [0.2, 0.25) is 0 Å². The fourth-order valence-corrected chi connectivity index (χ4v) is 7.97. The number of hydrogen-bond donors (Lipinski definition) is 2. The minimum absolute atomic E-state index is 0.135. The zero-order valence-electron chi connectivity index (χ0n) is 23.0. The third-order valence-corrected chi connectivity index (χ3v) is 10.9. The van der Waals surface area contributed by atoms with Crippen LogP contribution in [0.3, 0.4) is 0 Å². The Kier molecular flexibility index (Phi) is 8.18. The van der Waals surface area contributed by atoms with Crippen LogP contribution in [0.5, 0.6) is 5.88 Å². The zero-order chi connectivity index (χ0) is 28.4. The van der Waals surface area contributed by atoms with E-state index in [4.69, 9.17) is 4.74 Å². The average Bonchev–Trinajstić information content (AvgIpc) is 3.34. The minimum Gasteiger partial charge on any atom is -0.477 e. The topological polar surface area (TPSA) is 139 Å². The number of sulfonamides is 1. The van der Waals surface area contributed by atoms with Crippen molar-refractivity contribution in [2.75, 3.05) is 24.4 Å². The van der Waals surface area contributed by atoms with Gasteiger partial charge in [0.25, 0.3) is 5.91 Å². The number of pyridine rings is 1. The van der Waals surface area contributed by atoms with Crippen LogP contribution in [-0.4, -0.2) is 70.1 Å². The molecule has 2 atom stereocenters. The van der Waals surface area contributed by atoms with Crippen LogP contribution in [0.1, 0.15) is 73.4 Å². The SMILES string of the molecule is CCOc1cncc(-c2cnc(C(=O)N[C@H](c3cc(NS(=O)(=O)C4CC4)ccn3)[C@H]3CCN(C4CCCC4)C3)s2)n1. The first-order chi connectivity index (χ1) is 19.9. The van der Waals surface area contributed by atoms with Crippen LogP contribution in [-0.2, 0) is 10.0 Å². The van der Waals surface area contributed by atoms with Crippen molar-refractivity contribution in [2.45, 2.75) is 69.2 Å². The molecular weight excluding hydrogens is 562 g/mol. The van der Waals surface area contributed by atoms with Crippen molar-refractivity contribution in [3.8, 4) is 16.5 Å². The first-order valence-corrected chi connectivity index (χ1v) is 16.7. The van der Waals surface area contributed by atoms with E-state index in [0.29, 0.717) is 58.3 Å². The van der Waals surface area contributed by atoms with Crippen LogP contribution in [0.15, 0.2) is 36.9 Å². The van der Waals surface area contributed by atoms with E-state index >= 15 is 0 Å². The van der Waals surface area contributed by atoms with Crippen molar-refractivity contribution in [3.05, 3.63) is 47.6 Å². The number of aromatic nitrogens is 4. The summed E-state index contributed by atoms with van der Waals surface area (Å²) in [6, 6.07) is 3.61. The van der Waals surface area contributed by atoms with Crippen LogP contribution in [0, 0.1) is 5.92 Å². The predicted octanol–water partition coefficient (Wildman–Crippen LogP) is 4.03. The Morgan fingerprint density at radius 1 is 1.15 bits per heavy atom. The van der Waals surface area contributed by atoms with Crippen molar-refractivity contribution in [1.29, 1.82) is 0 Å². The number of rotatable bonds is 11. The standard InChI is InChI=1S/C28H35N7O4S2/c1-2-39-25-16-29-14-23(32-25)24-15-31-28(40-24)27(36)33-26(18-10-12-35(17-18)20-5-3-4-6-20)22-13-19(9-11-30-22)34-41(37,38)21-7-8-21/h9,11,13-16,18,20-21,26H,2-8,10,12,17H2,1H3,(H,30,34)(H,33,36)/t18-,26-/m0/s1. The zero-order valence-corrected chi connectivity index (χ0v) is 24.7. The number of amides is 1. The largest absolute Gasteiger partial charge is 0.477 e. The highest BCUT2D eigenvalue weighted by molar-refractivity contribution is 7.93. The van der Waals surface area contributed by atoms with Crippen molar-refractivity contribution >= 4 is 33.0 Å². The number of carbonyl (C=O) groups is 1. The van der Waals surface area contributed by atoms with E-state index < -0.39 is 16.1 Å². The molecule has 3 aromatic heterocycles. The second kappa shape index (κ2) is 12.0. The lowest BCUT2D eigenvalue weighted by Gasteiger charge is -2.27. The number of likely N-dealkylation sites (tertiary alicyclic amines) is 1. The third-order valence-electron chi connectivity index (χ3n) is 8.04. The molecule has 3 aromatic rings. The van der Waals surface area contributed by atoms with E-state index in [-0.39, 0.29) is 17.1 Å². The first-order valence-electron chi connectivity index (χ1n) is 14.3. The van der Waals surface area contributed by atoms with Crippen molar-refractivity contribution in [2.24, 2.45) is 5.92 Å². The lowest BCUT2D eigenvalue weighted by atomic mass is 9.95. The highest BCUT2D eigenvalue weighted by Crippen LogP contribution is 2.36. The molecule has 1 aliphatic heterocycles. The summed E-state index contributed by atoms with van der Waals surface area (Å²) in [5.41, 5.74) is 1.69. The summed E-state index contributed by atoms with van der Waals surface area (Å²) in [4.78, 5) is 34.5. The van der Waals surface area contributed by atoms with Gasteiger partial charge in [-0.1, -0.05) is 12.8 Å². The number of carbonyl (C=O) groups excluding carboxylic acids is 1. The van der Waals surface area contributed by atoms with Gasteiger partial charge in [0.2, 0.25) is 15.9 Å². The van der Waals surface area contributed by atoms with E-state index in [9.17, 15) is 13.2 Å². The molecule has 2 aliphatic carbocycles. The maximum Gasteiger partial charge on any atom is 0.280 e. The lowest BCUT2D eigenvalue weighted by Crippen LogP contribution is -2.37. The summed E-state index contributed by atoms with van der Waals surface area (Å²) in [6.45, 7) is 4.20. The molecule has 1 amide bonds. The molecule has 218 valence electrons.